The Morgan fingerprint density at radius 1 is 1.47 bits per heavy atom. The summed E-state index contributed by atoms with van der Waals surface area (Å²) in [5, 5.41) is 7.39. The highest BCUT2D eigenvalue weighted by Gasteiger charge is 2.15. The van der Waals surface area contributed by atoms with Crippen LogP contribution < -0.4 is 5.32 Å². The lowest BCUT2D eigenvalue weighted by atomic mass is 9.89. The molecule has 1 N–H and O–H groups in total. The Bertz CT molecular complexity index is 382. The summed E-state index contributed by atoms with van der Waals surface area (Å²) in [5.41, 5.74) is 0.920. The Hall–Kier alpha value is -1.52. The van der Waals surface area contributed by atoms with Crippen LogP contribution in [-0.2, 0) is 6.54 Å². The standard InChI is InChI=1S/C14H24N4O/c1-15-14(16-10-12-6-4-3-5-7-12)18(2)11-13-8-9-19-17-13/h8-9,12H,3-7,10-11H2,1-2H3,(H,15,16). The lowest BCUT2D eigenvalue weighted by molar-refractivity contribution is 0.348. The minimum Gasteiger partial charge on any atom is -0.364 e. The molecule has 1 aromatic heterocycles. The second-order valence-electron chi connectivity index (χ2n) is 5.28. The van der Waals surface area contributed by atoms with Crippen molar-refractivity contribution in [3.05, 3.63) is 18.0 Å². The van der Waals surface area contributed by atoms with Crippen LogP contribution in [0.15, 0.2) is 21.8 Å². The van der Waals surface area contributed by atoms with Crippen molar-refractivity contribution >= 4 is 5.96 Å². The highest BCUT2D eigenvalue weighted by atomic mass is 16.5. The third kappa shape index (κ3) is 4.26. The molecule has 0 atom stereocenters. The van der Waals surface area contributed by atoms with E-state index in [2.05, 4.69) is 20.4 Å². The Morgan fingerprint density at radius 3 is 2.89 bits per heavy atom. The summed E-state index contributed by atoms with van der Waals surface area (Å²) in [4.78, 5) is 6.40. The molecule has 1 aliphatic carbocycles. The van der Waals surface area contributed by atoms with Crippen LogP contribution in [0.2, 0.25) is 0 Å². The van der Waals surface area contributed by atoms with Crippen LogP contribution in [0.1, 0.15) is 37.8 Å². The summed E-state index contributed by atoms with van der Waals surface area (Å²) >= 11 is 0. The molecule has 2 rings (SSSR count). The van der Waals surface area contributed by atoms with Crippen LogP contribution in [0, 0.1) is 5.92 Å². The zero-order valence-electron chi connectivity index (χ0n) is 11.9. The molecule has 0 amide bonds. The molecule has 1 saturated carbocycles. The molecule has 5 nitrogen and oxygen atoms in total. The maximum atomic E-state index is 4.85. The van der Waals surface area contributed by atoms with Gasteiger partial charge in [-0.1, -0.05) is 24.4 Å². The molecule has 1 aromatic rings. The normalized spacial score (nSPS) is 17.5. The van der Waals surface area contributed by atoms with Crippen molar-refractivity contribution in [1.82, 2.24) is 15.4 Å². The summed E-state index contributed by atoms with van der Waals surface area (Å²) in [6.45, 7) is 1.73. The Labute approximate surface area is 115 Å². The number of guanidine groups is 1. The van der Waals surface area contributed by atoms with Gasteiger partial charge in [0.15, 0.2) is 5.96 Å². The van der Waals surface area contributed by atoms with Crippen LogP contribution in [0.5, 0.6) is 0 Å². The average molecular weight is 264 g/mol. The molecule has 106 valence electrons. The van der Waals surface area contributed by atoms with Gasteiger partial charge in [0.05, 0.1) is 6.54 Å². The van der Waals surface area contributed by atoms with E-state index >= 15 is 0 Å². The Kier molecular flexibility index (Phi) is 5.24. The first-order valence-corrected chi connectivity index (χ1v) is 7.10. The molecule has 0 aliphatic heterocycles. The summed E-state index contributed by atoms with van der Waals surface area (Å²) in [7, 11) is 3.84. The number of nitrogens with zero attached hydrogens (tertiary/aromatic N) is 3. The fourth-order valence-corrected chi connectivity index (χ4v) is 2.65. The number of hydrogen-bond donors (Lipinski definition) is 1. The number of rotatable bonds is 4. The third-order valence-electron chi connectivity index (χ3n) is 3.74. The van der Waals surface area contributed by atoms with Crippen molar-refractivity contribution in [3.8, 4) is 0 Å². The molecule has 1 fully saturated rings. The molecule has 1 heterocycles. The van der Waals surface area contributed by atoms with Gasteiger partial charge in [-0.25, -0.2) is 0 Å². The van der Waals surface area contributed by atoms with E-state index in [0.717, 1.165) is 24.1 Å². The predicted octanol–water partition coefficient (Wildman–Crippen LogP) is 2.26. The lowest BCUT2D eigenvalue weighted by Gasteiger charge is -2.26. The van der Waals surface area contributed by atoms with Gasteiger partial charge in [-0.15, -0.1) is 0 Å². The number of aliphatic imine (C=N–C) groups is 1. The van der Waals surface area contributed by atoms with E-state index in [0.29, 0.717) is 6.54 Å². The topological polar surface area (TPSA) is 53.7 Å². The molecule has 1 aliphatic rings. The van der Waals surface area contributed by atoms with Gasteiger partial charge < -0.3 is 14.7 Å². The van der Waals surface area contributed by atoms with Gasteiger partial charge in [0.2, 0.25) is 0 Å². The summed E-state index contributed by atoms with van der Waals surface area (Å²) in [6, 6.07) is 1.88. The van der Waals surface area contributed by atoms with Crippen LogP contribution >= 0.6 is 0 Å². The van der Waals surface area contributed by atoms with E-state index in [1.54, 1.807) is 6.26 Å². The highest BCUT2D eigenvalue weighted by molar-refractivity contribution is 5.79. The third-order valence-corrected chi connectivity index (χ3v) is 3.74. The Balaban J connectivity index is 1.78. The SMILES string of the molecule is CN=C(NCC1CCCCC1)N(C)Cc1ccon1. The van der Waals surface area contributed by atoms with Crippen molar-refractivity contribution in [1.29, 1.82) is 0 Å². The van der Waals surface area contributed by atoms with E-state index in [1.807, 2.05) is 20.2 Å². The van der Waals surface area contributed by atoms with Crippen molar-refractivity contribution in [2.24, 2.45) is 10.9 Å². The van der Waals surface area contributed by atoms with Crippen LogP contribution in [0.4, 0.5) is 0 Å². The zero-order chi connectivity index (χ0) is 13.5. The molecule has 5 heteroatoms. The largest absolute Gasteiger partial charge is 0.364 e. The van der Waals surface area contributed by atoms with Crippen LogP contribution in [0.25, 0.3) is 0 Å². The van der Waals surface area contributed by atoms with E-state index in [4.69, 9.17) is 4.52 Å². The fourth-order valence-electron chi connectivity index (χ4n) is 2.65. The summed E-state index contributed by atoms with van der Waals surface area (Å²) < 4.78 is 4.85. The minimum atomic E-state index is 0.709. The highest BCUT2D eigenvalue weighted by Crippen LogP contribution is 2.22. The van der Waals surface area contributed by atoms with Crippen molar-refractivity contribution in [2.45, 2.75) is 38.6 Å². The maximum absolute atomic E-state index is 4.85. The predicted molar refractivity (Wildman–Crippen MR) is 75.9 cm³/mol. The van der Waals surface area contributed by atoms with Gasteiger partial charge in [-0.3, -0.25) is 4.99 Å². The summed E-state index contributed by atoms with van der Waals surface area (Å²) in [5.74, 6) is 1.72. The fraction of sp³-hybridized carbons (Fsp3) is 0.714. The average Bonchev–Trinajstić information content (AvgIpc) is 2.93. The van der Waals surface area contributed by atoms with Gasteiger partial charge in [0.25, 0.3) is 0 Å². The molecule has 0 unspecified atom stereocenters. The number of aromatic nitrogens is 1. The maximum Gasteiger partial charge on any atom is 0.193 e. The molecule has 19 heavy (non-hydrogen) atoms. The lowest BCUT2D eigenvalue weighted by Crippen LogP contribution is -2.41. The smallest absolute Gasteiger partial charge is 0.193 e. The second kappa shape index (κ2) is 7.16. The molecule has 0 bridgehead atoms. The van der Waals surface area contributed by atoms with Gasteiger partial charge in [-0.2, -0.15) is 0 Å². The van der Waals surface area contributed by atoms with Crippen molar-refractivity contribution in [3.63, 3.8) is 0 Å². The monoisotopic (exact) mass is 264 g/mol. The molecular weight excluding hydrogens is 240 g/mol. The number of nitrogens with one attached hydrogen (secondary N) is 1. The van der Waals surface area contributed by atoms with Crippen LogP contribution in [-0.4, -0.2) is 36.7 Å². The van der Waals surface area contributed by atoms with E-state index in [9.17, 15) is 0 Å². The van der Waals surface area contributed by atoms with E-state index < -0.39 is 0 Å². The molecular formula is C14H24N4O. The molecule has 0 spiro atoms. The quantitative estimate of drug-likeness (QED) is 0.669. The van der Waals surface area contributed by atoms with E-state index in [-0.39, 0.29) is 0 Å². The van der Waals surface area contributed by atoms with E-state index in [1.165, 1.54) is 32.1 Å². The van der Waals surface area contributed by atoms with Crippen LogP contribution in [0.3, 0.4) is 0 Å². The first-order valence-electron chi connectivity index (χ1n) is 7.10. The first kappa shape index (κ1) is 13.9. The van der Waals surface area contributed by atoms with Gasteiger partial charge >= 0.3 is 0 Å². The molecule has 0 saturated heterocycles. The molecule has 0 radical (unpaired) electrons. The van der Waals surface area contributed by atoms with Crippen molar-refractivity contribution < 1.29 is 4.52 Å². The minimum absolute atomic E-state index is 0.709. The van der Waals surface area contributed by atoms with Gasteiger partial charge in [0.1, 0.15) is 12.0 Å². The van der Waals surface area contributed by atoms with Crippen molar-refractivity contribution in [2.75, 3.05) is 20.6 Å². The molecule has 0 aromatic carbocycles. The van der Waals surface area contributed by atoms with Gasteiger partial charge in [0, 0.05) is 26.7 Å². The first-order chi connectivity index (χ1) is 9.29. The van der Waals surface area contributed by atoms with Gasteiger partial charge in [-0.05, 0) is 18.8 Å². The zero-order valence-corrected chi connectivity index (χ0v) is 11.9. The summed E-state index contributed by atoms with van der Waals surface area (Å²) in [6.07, 6.45) is 8.44. The Morgan fingerprint density at radius 2 is 2.26 bits per heavy atom. The number of hydrogen-bond acceptors (Lipinski definition) is 3. The second-order valence-corrected chi connectivity index (χ2v) is 5.28.